The summed E-state index contributed by atoms with van der Waals surface area (Å²) >= 11 is 1.18. The van der Waals surface area contributed by atoms with Crippen molar-refractivity contribution in [3.8, 4) is 0 Å². The van der Waals surface area contributed by atoms with Crippen molar-refractivity contribution in [2.45, 2.75) is 84.5 Å². The molecule has 2 rings (SSSR count). The Bertz CT molecular complexity index is 701. The Morgan fingerprint density at radius 1 is 1.18 bits per heavy atom. The van der Waals surface area contributed by atoms with Gasteiger partial charge in [0.25, 0.3) is 0 Å². The zero-order valence-corrected chi connectivity index (χ0v) is 18.9. The fourth-order valence-corrected chi connectivity index (χ4v) is 4.49. The van der Waals surface area contributed by atoms with E-state index >= 15 is 0 Å². The number of thioether (sulfide) groups is 1. The minimum absolute atomic E-state index is 0.0694. The van der Waals surface area contributed by atoms with Gasteiger partial charge in [-0.25, -0.2) is 0 Å². The summed E-state index contributed by atoms with van der Waals surface area (Å²) in [7, 11) is 0. The number of benzene rings is 1. The maximum absolute atomic E-state index is 13.4. The summed E-state index contributed by atoms with van der Waals surface area (Å²) in [6.45, 7) is 10.1. The first-order valence-corrected chi connectivity index (χ1v) is 11.3. The van der Waals surface area contributed by atoms with Crippen molar-refractivity contribution in [3.05, 3.63) is 18.2 Å². The first-order valence-electron chi connectivity index (χ1n) is 10.5. The maximum Gasteiger partial charge on any atom is 0.230 e. The fraction of sp³-hybridized carbons (Fsp3) is 0.652. The second-order valence-corrected chi connectivity index (χ2v) is 10.6. The Labute approximate surface area is 174 Å². The summed E-state index contributed by atoms with van der Waals surface area (Å²) in [6, 6.07) is 5.39. The molecule has 0 atom stereocenters. The third kappa shape index (κ3) is 6.00. The molecular formula is C23H36N2O2S. The number of anilines is 2. The van der Waals surface area contributed by atoms with Crippen LogP contribution < -0.4 is 11.1 Å². The standard InChI is InChI=1S/C23H36N2O2S/c1-16(2)11-14-23(12-7-6-8-13-23)20(26)25-18-15-17(24)9-10-19(18)28-21(27)22(3,4)5/h9-10,15-16H,6-8,11-14,24H2,1-5H3,(H,25,26). The number of carbonyl (C=O) groups is 2. The van der Waals surface area contributed by atoms with Crippen molar-refractivity contribution in [2.75, 3.05) is 11.1 Å². The molecule has 156 valence electrons. The Kier molecular flexibility index (Phi) is 7.60. The number of nitrogen functional groups attached to an aromatic ring is 1. The number of nitrogens with two attached hydrogens (primary N) is 1. The summed E-state index contributed by atoms with van der Waals surface area (Å²) < 4.78 is 0. The minimum atomic E-state index is -0.449. The molecule has 1 aliphatic rings. The lowest BCUT2D eigenvalue weighted by Crippen LogP contribution is -2.38. The molecule has 0 heterocycles. The predicted molar refractivity (Wildman–Crippen MR) is 119 cm³/mol. The summed E-state index contributed by atoms with van der Waals surface area (Å²) in [5, 5.41) is 3.22. The summed E-state index contributed by atoms with van der Waals surface area (Å²) in [5.41, 5.74) is 6.47. The highest BCUT2D eigenvalue weighted by atomic mass is 32.2. The summed E-state index contributed by atoms with van der Waals surface area (Å²) in [5.74, 6) is 0.665. The van der Waals surface area contributed by atoms with Gasteiger partial charge in [-0.05, 0) is 61.6 Å². The van der Waals surface area contributed by atoms with E-state index in [0.29, 0.717) is 17.3 Å². The van der Waals surface area contributed by atoms with E-state index in [1.165, 1.54) is 18.2 Å². The van der Waals surface area contributed by atoms with Gasteiger partial charge in [0.05, 0.1) is 5.69 Å². The SMILES string of the molecule is CC(C)CCC1(C(=O)Nc2cc(N)ccc2SC(=O)C(C)(C)C)CCCCC1. The monoisotopic (exact) mass is 404 g/mol. The normalized spacial score (nSPS) is 16.8. The van der Waals surface area contributed by atoms with E-state index < -0.39 is 5.41 Å². The molecular weight excluding hydrogens is 368 g/mol. The molecule has 1 aromatic rings. The minimum Gasteiger partial charge on any atom is -0.399 e. The highest BCUT2D eigenvalue weighted by Gasteiger charge is 2.39. The first-order chi connectivity index (χ1) is 13.0. The van der Waals surface area contributed by atoms with E-state index in [4.69, 9.17) is 5.73 Å². The van der Waals surface area contributed by atoms with Gasteiger partial charge in [-0.2, -0.15) is 0 Å². The van der Waals surface area contributed by atoms with Crippen LogP contribution in [0.4, 0.5) is 11.4 Å². The van der Waals surface area contributed by atoms with Crippen LogP contribution in [0.2, 0.25) is 0 Å². The number of carbonyl (C=O) groups excluding carboxylic acids is 2. The lowest BCUT2D eigenvalue weighted by Gasteiger charge is -2.36. The molecule has 1 fully saturated rings. The Morgan fingerprint density at radius 3 is 2.39 bits per heavy atom. The van der Waals surface area contributed by atoms with E-state index in [1.54, 1.807) is 12.1 Å². The third-order valence-electron chi connectivity index (χ3n) is 5.56. The second-order valence-electron chi connectivity index (χ2n) is 9.62. The number of hydrogen-bond acceptors (Lipinski definition) is 4. The van der Waals surface area contributed by atoms with Crippen molar-refractivity contribution < 1.29 is 9.59 Å². The highest BCUT2D eigenvalue weighted by Crippen LogP contribution is 2.43. The van der Waals surface area contributed by atoms with Gasteiger partial charge in [0.15, 0.2) is 5.12 Å². The molecule has 0 radical (unpaired) electrons. The zero-order chi connectivity index (χ0) is 20.9. The molecule has 0 aromatic heterocycles. The average Bonchev–Trinajstić information content (AvgIpc) is 2.62. The third-order valence-corrected chi connectivity index (χ3v) is 6.93. The van der Waals surface area contributed by atoms with E-state index in [2.05, 4.69) is 19.2 Å². The summed E-state index contributed by atoms with van der Waals surface area (Å²) in [4.78, 5) is 26.7. The van der Waals surface area contributed by atoms with Crippen LogP contribution in [0.5, 0.6) is 0 Å². The molecule has 1 aromatic carbocycles. The van der Waals surface area contributed by atoms with Gasteiger partial charge in [0.2, 0.25) is 5.91 Å². The van der Waals surface area contributed by atoms with Crippen LogP contribution in [0, 0.1) is 16.7 Å². The van der Waals surface area contributed by atoms with Gasteiger partial charge < -0.3 is 11.1 Å². The number of rotatable bonds is 6. The molecule has 5 heteroatoms. The quantitative estimate of drug-likeness (QED) is 0.433. The van der Waals surface area contributed by atoms with Crippen LogP contribution in [0.25, 0.3) is 0 Å². The second kappa shape index (κ2) is 9.34. The topological polar surface area (TPSA) is 72.2 Å². The molecule has 1 amide bonds. The molecule has 1 aliphatic carbocycles. The number of hydrogen-bond donors (Lipinski definition) is 2. The molecule has 1 saturated carbocycles. The lowest BCUT2D eigenvalue weighted by molar-refractivity contribution is -0.128. The van der Waals surface area contributed by atoms with Crippen molar-refractivity contribution in [3.63, 3.8) is 0 Å². The van der Waals surface area contributed by atoms with Crippen LogP contribution >= 0.6 is 11.8 Å². The van der Waals surface area contributed by atoms with Gasteiger partial charge in [-0.15, -0.1) is 0 Å². The van der Waals surface area contributed by atoms with E-state index in [9.17, 15) is 9.59 Å². The number of nitrogens with one attached hydrogen (secondary N) is 1. The van der Waals surface area contributed by atoms with Gasteiger partial charge >= 0.3 is 0 Å². The fourth-order valence-electron chi connectivity index (χ4n) is 3.63. The molecule has 0 saturated heterocycles. The van der Waals surface area contributed by atoms with Gasteiger partial charge in [0, 0.05) is 21.4 Å². The Morgan fingerprint density at radius 2 is 1.82 bits per heavy atom. The smallest absolute Gasteiger partial charge is 0.230 e. The molecule has 0 aliphatic heterocycles. The highest BCUT2D eigenvalue weighted by molar-refractivity contribution is 8.13. The molecule has 28 heavy (non-hydrogen) atoms. The van der Waals surface area contributed by atoms with Gasteiger partial charge in [0.1, 0.15) is 0 Å². The van der Waals surface area contributed by atoms with E-state index in [0.717, 1.165) is 43.4 Å². The van der Waals surface area contributed by atoms with Crippen LogP contribution in [-0.4, -0.2) is 11.0 Å². The van der Waals surface area contributed by atoms with Crippen LogP contribution in [0.15, 0.2) is 23.1 Å². The molecule has 0 spiro atoms. The molecule has 0 unspecified atom stereocenters. The molecule has 4 nitrogen and oxygen atoms in total. The maximum atomic E-state index is 13.4. The number of amides is 1. The van der Waals surface area contributed by atoms with E-state index in [-0.39, 0.29) is 16.4 Å². The zero-order valence-electron chi connectivity index (χ0n) is 18.1. The van der Waals surface area contributed by atoms with Gasteiger partial charge in [-0.1, -0.05) is 53.9 Å². The summed E-state index contributed by atoms with van der Waals surface area (Å²) in [6.07, 6.45) is 7.26. The van der Waals surface area contributed by atoms with Gasteiger partial charge in [-0.3, -0.25) is 9.59 Å². The predicted octanol–water partition coefficient (Wildman–Crippen LogP) is 6.26. The lowest BCUT2D eigenvalue weighted by atomic mass is 9.69. The average molecular weight is 405 g/mol. The molecule has 3 N–H and O–H groups in total. The van der Waals surface area contributed by atoms with Crippen LogP contribution in [-0.2, 0) is 9.59 Å². The Hall–Kier alpha value is -1.49. The van der Waals surface area contributed by atoms with Crippen molar-refractivity contribution in [2.24, 2.45) is 16.7 Å². The van der Waals surface area contributed by atoms with Crippen LogP contribution in [0.3, 0.4) is 0 Å². The van der Waals surface area contributed by atoms with Crippen LogP contribution in [0.1, 0.15) is 79.6 Å². The van der Waals surface area contributed by atoms with E-state index in [1.807, 2.05) is 26.8 Å². The first kappa shape index (κ1) is 22.8. The van der Waals surface area contributed by atoms with Crippen molar-refractivity contribution >= 4 is 34.2 Å². The largest absolute Gasteiger partial charge is 0.399 e. The van der Waals surface area contributed by atoms with Crippen molar-refractivity contribution in [1.82, 2.24) is 0 Å². The Balaban J connectivity index is 2.25. The van der Waals surface area contributed by atoms with Crippen molar-refractivity contribution in [1.29, 1.82) is 0 Å². The molecule has 0 bridgehead atoms.